The predicted molar refractivity (Wildman–Crippen MR) is 73.5 cm³/mol. The smallest absolute Gasteiger partial charge is 0.214 e. The number of rotatable bonds is 5. The first kappa shape index (κ1) is 14.0. The Balaban J connectivity index is 1.88. The summed E-state index contributed by atoms with van der Waals surface area (Å²) in [7, 11) is -3.20. The maximum absolute atomic E-state index is 12.1. The number of hydrogen-bond acceptors (Lipinski definition) is 4. The second kappa shape index (κ2) is 6.14. The SMILES string of the molecule is C[C@H](CNS(=O)(=O)C1CCOCC1)c1ccsc1. The maximum atomic E-state index is 12.1. The normalized spacial score (nSPS) is 19.8. The molecule has 0 amide bonds. The van der Waals surface area contributed by atoms with Gasteiger partial charge in [-0.3, -0.25) is 0 Å². The van der Waals surface area contributed by atoms with Crippen molar-refractivity contribution in [1.82, 2.24) is 4.72 Å². The quantitative estimate of drug-likeness (QED) is 0.901. The van der Waals surface area contributed by atoms with Crippen LogP contribution in [0.5, 0.6) is 0 Å². The van der Waals surface area contributed by atoms with Crippen LogP contribution >= 0.6 is 11.3 Å². The monoisotopic (exact) mass is 289 g/mol. The minimum absolute atomic E-state index is 0.214. The molecule has 1 saturated heterocycles. The zero-order valence-electron chi connectivity index (χ0n) is 10.5. The molecule has 1 aromatic rings. The molecule has 102 valence electrons. The van der Waals surface area contributed by atoms with E-state index < -0.39 is 10.0 Å². The molecule has 1 atom stereocenters. The van der Waals surface area contributed by atoms with Crippen molar-refractivity contribution in [1.29, 1.82) is 0 Å². The van der Waals surface area contributed by atoms with E-state index >= 15 is 0 Å². The van der Waals surface area contributed by atoms with E-state index in [0.29, 0.717) is 32.6 Å². The lowest BCUT2D eigenvalue weighted by Crippen LogP contribution is -2.39. The van der Waals surface area contributed by atoms with Crippen molar-refractivity contribution in [2.75, 3.05) is 19.8 Å². The molecule has 0 aromatic carbocycles. The lowest BCUT2D eigenvalue weighted by Gasteiger charge is -2.23. The third-order valence-electron chi connectivity index (χ3n) is 3.31. The summed E-state index contributed by atoms with van der Waals surface area (Å²) in [5.74, 6) is 0.214. The molecule has 1 fully saturated rings. The Morgan fingerprint density at radius 1 is 1.50 bits per heavy atom. The molecule has 2 rings (SSSR count). The zero-order chi connectivity index (χ0) is 13.0. The molecule has 0 spiro atoms. The fraction of sp³-hybridized carbons (Fsp3) is 0.667. The van der Waals surface area contributed by atoms with Gasteiger partial charge in [-0.05, 0) is 41.1 Å². The number of ether oxygens (including phenoxy) is 1. The van der Waals surface area contributed by atoms with Crippen molar-refractivity contribution in [2.45, 2.75) is 30.9 Å². The first-order chi connectivity index (χ1) is 8.59. The van der Waals surface area contributed by atoms with E-state index in [4.69, 9.17) is 4.74 Å². The maximum Gasteiger partial charge on any atom is 0.214 e. The molecule has 1 N–H and O–H groups in total. The third kappa shape index (κ3) is 3.54. The highest BCUT2D eigenvalue weighted by Gasteiger charge is 2.27. The highest BCUT2D eigenvalue weighted by atomic mass is 32.2. The first-order valence-electron chi connectivity index (χ1n) is 6.18. The Labute approximate surface area is 112 Å². The van der Waals surface area contributed by atoms with Crippen molar-refractivity contribution in [3.8, 4) is 0 Å². The van der Waals surface area contributed by atoms with Crippen LogP contribution in [0.4, 0.5) is 0 Å². The molecular formula is C12H19NO3S2. The standard InChI is InChI=1S/C12H19NO3S2/c1-10(11-4-7-17-9-11)8-13-18(14,15)12-2-5-16-6-3-12/h4,7,9-10,12-13H,2-3,5-6,8H2,1H3/t10-/m1/s1. The van der Waals surface area contributed by atoms with E-state index in [0.717, 1.165) is 0 Å². The molecule has 0 saturated carbocycles. The van der Waals surface area contributed by atoms with E-state index in [1.807, 2.05) is 18.4 Å². The molecule has 0 aliphatic carbocycles. The lowest BCUT2D eigenvalue weighted by molar-refractivity contribution is 0.0981. The largest absolute Gasteiger partial charge is 0.381 e. The van der Waals surface area contributed by atoms with Crippen molar-refractivity contribution in [3.05, 3.63) is 22.4 Å². The van der Waals surface area contributed by atoms with Gasteiger partial charge >= 0.3 is 0 Å². The van der Waals surface area contributed by atoms with Gasteiger partial charge in [-0.25, -0.2) is 13.1 Å². The Morgan fingerprint density at radius 2 is 2.22 bits per heavy atom. The molecule has 0 unspecified atom stereocenters. The van der Waals surface area contributed by atoms with E-state index in [1.165, 1.54) is 5.56 Å². The second-order valence-corrected chi connectivity index (χ2v) is 7.49. The highest BCUT2D eigenvalue weighted by molar-refractivity contribution is 7.90. The molecule has 0 radical (unpaired) electrons. The Bertz CT molecular complexity index is 450. The van der Waals surface area contributed by atoms with Crippen LogP contribution in [0.2, 0.25) is 0 Å². The number of nitrogens with one attached hydrogen (secondary N) is 1. The predicted octanol–water partition coefficient (Wildman–Crippen LogP) is 1.95. The molecule has 18 heavy (non-hydrogen) atoms. The molecule has 2 heterocycles. The second-order valence-electron chi connectivity index (χ2n) is 4.66. The Morgan fingerprint density at radius 3 is 2.83 bits per heavy atom. The van der Waals surface area contributed by atoms with E-state index in [1.54, 1.807) is 11.3 Å². The van der Waals surface area contributed by atoms with Gasteiger partial charge in [-0.15, -0.1) is 0 Å². The van der Waals surface area contributed by atoms with Crippen LogP contribution in [0.1, 0.15) is 31.2 Å². The fourth-order valence-electron chi connectivity index (χ4n) is 2.02. The minimum atomic E-state index is -3.20. The Hall–Kier alpha value is -0.430. The Kier molecular flexibility index (Phi) is 4.77. The van der Waals surface area contributed by atoms with Gasteiger partial charge in [0.15, 0.2) is 0 Å². The van der Waals surface area contributed by atoms with Crippen molar-refractivity contribution < 1.29 is 13.2 Å². The van der Waals surface area contributed by atoms with Crippen LogP contribution in [0.15, 0.2) is 16.8 Å². The lowest BCUT2D eigenvalue weighted by atomic mass is 10.1. The van der Waals surface area contributed by atoms with Gasteiger partial charge < -0.3 is 4.74 Å². The molecule has 6 heteroatoms. The molecule has 0 bridgehead atoms. The first-order valence-corrected chi connectivity index (χ1v) is 8.67. The van der Waals surface area contributed by atoms with Gasteiger partial charge in [-0.1, -0.05) is 6.92 Å². The summed E-state index contributed by atoms with van der Waals surface area (Å²) in [6.07, 6.45) is 1.20. The summed E-state index contributed by atoms with van der Waals surface area (Å²) < 4.78 is 32.1. The fourth-order valence-corrected chi connectivity index (χ4v) is 4.33. The summed E-state index contributed by atoms with van der Waals surface area (Å²) in [5, 5.41) is 3.78. The van der Waals surface area contributed by atoms with Crippen LogP contribution in [0.3, 0.4) is 0 Å². The van der Waals surface area contributed by atoms with E-state index in [-0.39, 0.29) is 11.2 Å². The van der Waals surface area contributed by atoms with Crippen molar-refractivity contribution in [2.24, 2.45) is 0 Å². The molecule has 1 aromatic heterocycles. The van der Waals surface area contributed by atoms with Crippen LogP contribution in [-0.4, -0.2) is 33.4 Å². The topological polar surface area (TPSA) is 55.4 Å². The van der Waals surface area contributed by atoms with Crippen LogP contribution in [0.25, 0.3) is 0 Å². The summed E-state index contributed by atoms with van der Waals surface area (Å²) in [4.78, 5) is 0. The number of thiophene rings is 1. The van der Waals surface area contributed by atoms with Crippen LogP contribution in [-0.2, 0) is 14.8 Å². The van der Waals surface area contributed by atoms with Gasteiger partial charge in [0.1, 0.15) is 0 Å². The van der Waals surface area contributed by atoms with E-state index in [9.17, 15) is 8.42 Å². The molecule has 1 aliphatic heterocycles. The number of hydrogen-bond donors (Lipinski definition) is 1. The van der Waals surface area contributed by atoms with Gasteiger partial charge in [0.05, 0.1) is 5.25 Å². The van der Waals surface area contributed by atoms with Gasteiger partial charge in [0.2, 0.25) is 10.0 Å². The third-order valence-corrected chi connectivity index (χ3v) is 5.93. The molecule has 1 aliphatic rings. The average Bonchev–Trinajstić information content (AvgIpc) is 2.91. The zero-order valence-corrected chi connectivity index (χ0v) is 12.1. The van der Waals surface area contributed by atoms with Gasteiger partial charge in [0, 0.05) is 19.8 Å². The summed E-state index contributed by atoms with van der Waals surface area (Å²) in [6, 6.07) is 2.04. The summed E-state index contributed by atoms with van der Waals surface area (Å²) in [6.45, 7) is 3.60. The number of sulfonamides is 1. The van der Waals surface area contributed by atoms with Crippen molar-refractivity contribution >= 4 is 21.4 Å². The molecule has 4 nitrogen and oxygen atoms in total. The van der Waals surface area contributed by atoms with Gasteiger partial charge in [-0.2, -0.15) is 11.3 Å². The van der Waals surface area contributed by atoms with Gasteiger partial charge in [0.25, 0.3) is 0 Å². The average molecular weight is 289 g/mol. The highest BCUT2D eigenvalue weighted by Crippen LogP contribution is 2.19. The van der Waals surface area contributed by atoms with Crippen LogP contribution < -0.4 is 4.72 Å². The van der Waals surface area contributed by atoms with E-state index in [2.05, 4.69) is 10.1 Å². The minimum Gasteiger partial charge on any atom is -0.381 e. The summed E-state index contributed by atoms with van der Waals surface area (Å²) >= 11 is 1.64. The molecular weight excluding hydrogens is 270 g/mol. The summed E-state index contributed by atoms with van der Waals surface area (Å²) in [5.41, 5.74) is 1.19. The van der Waals surface area contributed by atoms with Crippen molar-refractivity contribution in [3.63, 3.8) is 0 Å². The van der Waals surface area contributed by atoms with Crippen LogP contribution in [0, 0.1) is 0 Å².